The molecule has 0 aliphatic carbocycles. The van der Waals surface area contributed by atoms with Crippen molar-refractivity contribution in [1.82, 2.24) is 19.9 Å². The molecule has 0 atom stereocenters. The standard InChI is InChI=1S/C10H8ClF3N4/c11-7-1-6(10(12,13)14)2-8-16-9(17-18(7)8)5-3-15-4-5/h1-2,5,15H,3-4H2. The number of aromatic nitrogens is 3. The van der Waals surface area contributed by atoms with Gasteiger partial charge in [-0.25, -0.2) is 9.50 Å². The third-order valence-corrected chi connectivity index (χ3v) is 3.15. The van der Waals surface area contributed by atoms with Gasteiger partial charge in [-0.15, -0.1) is 5.10 Å². The molecule has 0 saturated carbocycles. The lowest BCUT2D eigenvalue weighted by Crippen LogP contribution is -2.40. The Bertz CT molecular complexity index is 603. The third kappa shape index (κ3) is 1.83. The van der Waals surface area contributed by atoms with Gasteiger partial charge in [-0.2, -0.15) is 13.2 Å². The van der Waals surface area contributed by atoms with Gasteiger partial charge in [0.2, 0.25) is 0 Å². The van der Waals surface area contributed by atoms with Crippen LogP contribution in [0.2, 0.25) is 5.15 Å². The Morgan fingerprint density at radius 2 is 2.06 bits per heavy atom. The molecule has 0 amide bonds. The van der Waals surface area contributed by atoms with Gasteiger partial charge in [-0.1, -0.05) is 11.6 Å². The summed E-state index contributed by atoms with van der Waals surface area (Å²) in [4.78, 5) is 4.10. The number of hydrogen-bond donors (Lipinski definition) is 1. The highest BCUT2D eigenvalue weighted by Crippen LogP contribution is 2.32. The van der Waals surface area contributed by atoms with Gasteiger partial charge in [-0.05, 0) is 12.1 Å². The fourth-order valence-electron chi connectivity index (χ4n) is 1.77. The normalized spacial score (nSPS) is 17.1. The molecule has 1 saturated heterocycles. The summed E-state index contributed by atoms with van der Waals surface area (Å²) in [5, 5.41) is 7.08. The second-order valence-corrected chi connectivity index (χ2v) is 4.55. The van der Waals surface area contributed by atoms with Crippen molar-refractivity contribution in [3.63, 3.8) is 0 Å². The molecule has 18 heavy (non-hydrogen) atoms. The summed E-state index contributed by atoms with van der Waals surface area (Å²) in [6, 6.07) is 1.81. The van der Waals surface area contributed by atoms with Crippen LogP contribution in [0.5, 0.6) is 0 Å². The number of nitrogens with zero attached hydrogens (tertiary/aromatic N) is 3. The fraction of sp³-hybridized carbons (Fsp3) is 0.400. The number of pyridine rings is 1. The van der Waals surface area contributed by atoms with E-state index in [1.165, 1.54) is 4.52 Å². The highest BCUT2D eigenvalue weighted by molar-refractivity contribution is 6.29. The quantitative estimate of drug-likeness (QED) is 0.811. The average molecular weight is 277 g/mol. The van der Waals surface area contributed by atoms with E-state index in [0.29, 0.717) is 5.82 Å². The lowest BCUT2D eigenvalue weighted by Gasteiger charge is -2.23. The number of fused-ring (bicyclic) bond motifs is 1. The predicted molar refractivity (Wildman–Crippen MR) is 58.6 cm³/mol. The van der Waals surface area contributed by atoms with E-state index in [1.807, 2.05) is 0 Å². The molecule has 3 rings (SSSR count). The molecule has 0 aromatic carbocycles. The van der Waals surface area contributed by atoms with Crippen LogP contribution in [-0.4, -0.2) is 27.7 Å². The molecule has 0 spiro atoms. The zero-order valence-electron chi connectivity index (χ0n) is 9.00. The monoisotopic (exact) mass is 276 g/mol. The van der Waals surface area contributed by atoms with E-state index in [1.54, 1.807) is 0 Å². The Morgan fingerprint density at radius 1 is 1.33 bits per heavy atom. The maximum atomic E-state index is 12.6. The largest absolute Gasteiger partial charge is 0.416 e. The first-order valence-electron chi connectivity index (χ1n) is 5.29. The van der Waals surface area contributed by atoms with E-state index in [9.17, 15) is 13.2 Å². The molecule has 2 aromatic rings. The van der Waals surface area contributed by atoms with Crippen molar-refractivity contribution in [2.45, 2.75) is 12.1 Å². The predicted octanol–water partition coefficient (Wildman–Crippen LogP) is 2.09. The summed E-state index contributed by atoms with van der Waals surface area (Å²) in [7, 11) is 0. The van der Waals surface area contributed by atoms with Crippen molar-refractivity contribution in [3.05, 3.63) is 28.7 Å². The van der Waals surface area contributed by atoms with Crippen LogP contribution < -0.4 is 5.32 Å². The minimum Gasteiger partial charge on any atom is -0.315 e. The topological polar surface area (TPSA) is 42.2 Å². The first kappa shape index (κ1) is 11.7. The first-order valence-corrected chi connectivity index (χ1v) is 5.67. The van der Waals surface area contributed by atoms with Gasteiger partial charge in [0.1, 0.15) is 5.15 Å². The Balaban J connectivity index is 2.12. The smallest absolute Gasteiger partial charge is 0.315 e. The summed E-state index contributed by atoms with van der Waals surface area (Å²) in [6.07, 6.45) is -4.43. The third-order valence-electron chi connectivity index (χ3n) is 2.88. The SMILES string of the molecule is FC(F)(F)c1cc(Cl)n2nc(C3CNC3)nc2c1. The van der Waals surface area contributed by atoms with Crippen molar-refractivity contribution in [1.29, 1.82) is 0 Å². The van der Waals surface area contributed by atoms with Crippen molar-refractivity contribution < 1.29 is 13.2 Å². The summed E-state index contributed by atoms with van der Waals surface area (Å²) < 4.78 is 39.1. The Morgan fingerprint density at radius 3 is 2.61 bits per heavy atom. The Hall–Kier alpha value is -1.34. The van der Waals surface area contributed by atoms with Crippen molar-refractivity contribution in [2.75, 3.05) is 13.1 Å². The molecule has 0 radical (unpaired) electrons. The van der Waals surface area contributed by atoms with Crippen LogP contribution >= 0.6 is 11.6 Å². The van der Waals surface area contributed by atoms with Crippen molar-refractivity contribution in [3.8, 4) is 0 Å². The lowest BCUT2D eigenvalue weighted by molar-refractivity contribution is -0.137. The molecule has 8 heteroatoms. The van der Waals surface area contributed by atoms with Crippen molar-refractivity contribution in [2.24, 2.45) is 0 Å². The highest BCUT2D eigenvalue weighted by atomic mass is 35.5. The molecule has 3 heterocycles. The molecular weight excluding hydrogens is 269 g/mol. The van der Waals surface area contributed by atoms with Gasteiger partial charge in [0.15, 0.2) is 11.5 Å². The summed E-state index contributed by atoms with van der Waals surface area (Å²) >= 11 is 5.79. The molecule has 2 aromatic heterocycles. The molecule has 1 aliphatic rings. The molecule has 4 nitrogen and oxygen atoms in total. The van der Waals surface area contributed by atoms with E-state index in [2.05, 4.69) is 15.4 Å². The lowest BCUT2D eigenvalue weighted by atomic mass is 10.0. The maximum absolute atomic E-state index is 12.6. The molecule has 0 unspecified atom stereocenters. The molecule has 1 fully saturated rings. The second kappa shape index (κ2) is 3.83. The molecule has 1 aliphatic heterocycles. The van der Waals surface area contributed by atoms with Gasteiger partial charge < -0.3 is 5.32 Å². The van der Waals surface area contributed by atoms with Crippen LogP contribution in [0.3, 0.4) is 0 Å². The van der Waals surface area contributed by atoms with Crippen LogP contribution in [0, 0.1) is 0 Å². The molecule has 1 N–H and O–H groups in total. The molecule has 0 bridgehead atoms. The van der Waals surface area contributed by atoms with E-state index in [-0.39, 0.29) is 16.7 Å². The number of rotatable bonds is 1. The van der Waals surface area contributed by atoms with Crippen molar-refractivity contribution >= 4 is 17.2 Å². The zero-order chi connectivity index (χ0) is 12.9. The highest BCUT2D eigenvalue weighted by Gasteiger charge is 2.32. The summed E-state index contributed by atoms with van der Waals surface area (Å²) in [5.41, 5.74) is -0.692. The molecular formula is C10H8ClF3N4. The zero-order valence-corrected chi connectivity index (χ0v) is 9.76. The van der Waals surface area contributed by atoms with E-state index in [4.69, 9.17) is 11.6 Å². The summed E-state index contributed by atoms with van der Waals surface area (Å²) in [6.45, 7) is 1.47. The number of halogens is 4. The second-order valence-electron chi connectivity index (χ2n) is 4.16. The van der Waals surface area contributed by atoms with Crippen LogP contribution in [-0.2, 0) is 6.18 Å². The van der Waals surface area contributed by atoms with Crippen LogP contribution in [0.25, 0.3) is 5.65 Å². The molecule has 96 valence electrons. The van der Waals surface area contributed by atoms with Gasteiger partial charge in [0.25, 0.3) is 0 Å². The van der Waals surface area contributed by atoms with Crippen LogP contribution in [0.15, 0.2) is 12.1 Å². The summed E-state index contributed by atoms with van der Waals surface area (Å²) in [5.74, 6) is 0.672. The first-order chi connectivity index (χ1) is 8.45. The van der Waals surface area contributed by atoms with Gasteiger partial charge in [-0.3, -0.25) is 0 Å². The minimum absolute atomic E-state index is 0.0918. The Labute approximate surface area is 105 Å². The van der Waals surface area contributed by atoms with E-state index >= 15 is 0 Å². The van der Waals surface area contributed by atoms with Gasteiger partial charge in [0.05, 0.1) is 5.56 Å². The number of hydrogen-bond acceptors (Lipinski definition) is 3. The average Bonchev–Trinajstić information content (AvgIpc) is 2.57. The van der Waals surface area contributed by atoms with E-state index in [0.717, 1.165) is 25.2 Å². The van der Waals surface area contributed by atoms with E-state index < -0.39 is 11.7 Å². The minimum atomic E-state index is -4.43. The van der Waals surface area contributed by atoms with Gasteiger partial charge in [0, 0.05) is 19.0 Å². The number of nitrogens with one attached hydrogen (secondary N) is 1. The Kier molecular flexibility index (Phi) is 2.49. The number of alkyl halides is 3. The van der Waals surface area contributed by atoms with Gasteiger partial charge >= 0.3 is 6.18 Å². The maximum Gasteiger partial charge on any atom is 0.416 e. The fourth-order valence-corrected chi connectivity index (χ4v) is 2.01. The van der Waals surface area contributed by atoms with Crippen LogP contribution in [0.4, 0.5) is 13.2 Å². The van der Waals surface area contributed by atoms with Crippen LogP contribution in [0.1, 0.15) is 17.3 Å².